The average molecular weight is 508 g/mol. The number of hydrogen-bond acceptors (Lipinski definition) is 8. The highest BCUT2D eigenvalue weighted by Crippen LogP contribution is 2.39. The van der Waals surface area contributed by atoms with Gasteiger partial charge in [0.1, 0.15) is 0 Å². The van der Waals surface area contributed by atoms with Crippen LogP contribution in [0.15, 0.2) is 42.2 Å². The van der Waals surface area contributed by atoms with Crippen molar-refractivity contribution >= 4 is 5.91 Å². The maximum Gasteiger partial charge on any atom is 0.288 e. The first kappa shape index (κ1) is 28.6. The highest BCUT2D eigenvalue weighted by Gasteiger charge is 2.38. The van der Waals surface area contributed by atoms with Crippen molar-refractivity contribution in [1.29, 1.82) is 0 Å². The average Bonchev–Trinajstić information content (AvgIpc) is 2.92. The SMILES string of the molecule is CCO[C@H]1OC(C(=O)N2CCOCCOCCOCCOCC2)=C[C@@H](c2ccccc2)[C@@H]1CCCO. The number of hydrogen-bond donors (Lipinski definition) is 1. The summed E-state index contributed by atoms with van der Waals surface area (Å²) in [6.07, 6.45) is 2.68. The molecule has 3 atom stereocenters. The van der Waals surface area contributed by atoms with Crippen LogP contribution in [0.25, 0.3) is 0 Å². The molecule has 0 bridgehead atoms. The number of rotatable bonds is 7. The number of amides is 1. The predicted octanol–water partition coefficient (Wildman–Crippen LogP) is 2.34. The summed E-state index contributed by atoms with van der Waals surface area (Å²) in [5, 5.41) is 9.46. The fourth-order valence-electron chi connectivity index (χ4n) is 4.39. The number of nitrogens with zero attached hydrogens (tertiary/aromatic N) is 1. The number of benzene rings is 1. The van der Waals surface area contributed by atoms with Crippen LogP contribution in [0, 0.1) is 5.92 Å². The van der Waals surface area contributed by atoms with Gasteiger partial charge in [0.25, 0.3) is 5.91 Å². The van der Waals surface area contributed by atoms with Gasteiger partial charge in [0.15, 0.2) is 5.76 Å². The van der Waals surface area contributed by atoms with Gasteiger partial charge in [0, 0.05) is 38.1 Å². The molecule has 0 spiro atoms. The maximum atomic E-state index is 13.7. The minimum Gasteiger partial charge on any atom is -0.459 e. The van der Waals surface area contributed by atoms with Crippen LogP contribution in [0.3, 0.4) is 0 Å². The molecule has 3 rings (SSSR count). The summed E-state index contributed by atoms with van der Waals surface area (Å²) in [4.78, 5) is 15.4. The van der Waals surface area contributed by atoms with Crippen LogP contribution in [-0.4, -0.2) is 101 Å². The lowest BCUT2D eigenvalue weighted by atomic mass is 9.80. The van der Waals surface area contributed by atoms with E-state index in [1.54, 1.807) is 4.90 Å². The van der Waals surface area contributed by atoms with Gasteiger partial charge in [-0.2, -0.15) is 0 Å². The summed E-state index contributed by atoms with van der Waals surface area (Å²) >= 11 is 0. The van der Waals surface area contributed by atoms with E-state index < -0.39 is 6.29 Å². The van der Waals surface area contributed by atoms with Crippen molar-refractivity contribution in [3.63, 3.8) is 0 Å². The topological polar surface area (TPSA) is 95.9 Å². The summed E-state index contributed by atoms with van der Waals surface area (Å²) in [6, 6.07) is 10.1. The lowest BCUT2D eigenvalue weighted by Crippen LogP contribution is -2.42. The molecule has 1 N–H and O–H groups in total. The number of aliphatic hydroxyl groups excluding tert-OH is 1. The molecule has 9 heteroatoms. The molecule has 0 radical (unpaired) electrons. The Bertz CT molecular complexity index is 758. The Morgan fingerprint density at radius 1 is 0.944 bits per heavy atom. The summed E-state index contributed by atoms with van der Waals surface area (Å²) < 4.78 is 34.5. The molecule has 9 nitrogen and oxygen atoms in total. The van der Waals surface area contributed by atoms with Crippen molar-refractivity contribution in [2.24, 2.45) is 5.92 Å². The van der Waals surface area contributed by atoms with Crippen molar-refractivity contribution in [1.82, 2.24) is 4.90 Å². The molecule has 2 heterocycles. The Morgan fingerprint density at radius 2 is 1.53 bits per heavy atom. The van der Waals surface area contributed by atoms with E-state index in [1.165, 1.54) is 0 Å². The first-order valence-electron chi connectivity index (χ1n) is 13.0. The van der Waals surface area contributed by atoms with Crippen molar-refractivity contribution in [3.05, 3.63) is 47.7 Å². The minimum absolute atomic E-state index is 0.0226. The first-order chi connectivity index (χ1) is 17.7. The Balaban J connectivity index is 1.78. The minimum atomic E-state index is -0.582. The van der Waals surface area contributed by atoms with Gasteiger partial charge >= 0.3 is 0 Å². The second-order valence-corrected chi connectivity index (χ2v) is 8.68. The van der Waals surface area contributed by atoms with Crippen LogP contribution in [0.5, 0.6) is 0 Å². The maximum absolute atomic E-state index is 13.7. The van der Waals surface area contributed by atoms with E-state index in [4.69, 9.17) is 28.4 Å². The predicted molar refractivity (Wildman–Crippen MR) is 133 cm³/mol. The van der Waals surface area contributed by atoms with Gasteiger partial charge in [0.05, 0.1) is 52.9 Å². The number of carbonyl (C=O) groups is 1. The van der Waals surface area contributed by atoms with Crippen LogP contribution in [0.4, 0.5) is 0 Å². The van der Waals surface area contributed by atoms with E-state index >= 15 is 0 Å². The second-order valence-electron chi connectivity index (χ2n) is 8.68. The van der Waals surface area contributed by atoms with E-state index in [1.807, 2.05) is 31.2 Å². The standard InChI is InChI=1S/C27H41NO8/c1-2-35-27-23(9-6-12-29)24(22-7-4-3-5-8-22)21-25(36-27)26(30)28-10-13-31-15-17-33-19-20-34-18-16-32-14-11-28/h3-5,7-8,21,23-24,27,29H,2,6,9-20H2,1H3/t23-,24-,27-/m0/s1. The second kappa shape index (κ2) is 16.7. The molecule has 0 aromatic heterocycles. The van der Waals surface area contributed by atoms with E-state index in [0.717, 1.165) is 5.56 Å². The third-order valence-electron chi connectivity index (χ3n) is 6.22. The zero-order valence-electron chi connectivity index (χ0n) is 21.3. The quantitative estimate of drug-likeness (QED) is 0.601. The van der Waals surface area contributed by atoms with Crippen LogP contribution in [0.1, 0.15) is 31.2 Å². The molecule has 0 aliphatic carbocycles. The molecule has 1 saturated heterocycles. The smallest absolute Gasteiger partial charge is 0.288 e. The zero-order valence-corrected chi connectivity index (χ0v) is 21.3. The largest absolute Gasteiger partial charge is 0.459 e. The van der Waals surface area contributed by atoms with Gasteiger partial charge in [-0.05, 0) is 31.4 Å². The molecule has 1 fully saturated rings. The summed E-state index contributed by atoms with van der Waals surface area (Å²) in [5.41, 5.74) is 1.09. The van der Waals surface area contributed by atoms with E-state index in [-0.39, 0.29) is 30.1 Å². The molecule has 202 valence electrons. The summed E-state index contributed by atoms with van der Waals surface area (Å²) in [5.74, 6) is -0.0460. The Labute approximate surface area is 214 Å². The monoisotopic (exact) mass is 507 g/mol. The van der Waals surface area contributed by atoms with Crippen LogP contribution in [0.2, 0.25) is 0 Å². The summed E-state index contributed by atoms with van der Waals surface area (Å²) in [7, 11) is 0. The lowest BCUT2D eigenvalue weighted by molar-refractivity contribution is -0.170. The van der Waals surface area contributed by atoms with Crippen molar-refractivity contribution in [2.45, 2.75) is 32.0 Å². The highest BCUT2D eigenvalue weighted by molar-refractivity contribution is 5.91. The van der Waals surface area contributed by atoms with E-state index in [2.05, 4.69) is 12.1 Å². The van der Waals surface area contributed by atoms with Crippen molar-refractivity contribution in [3.8, 4) is 0 Å². The number of allylic oxidation sites excluding steroid dienone is 1. The third kappa shape index (κ3) is 9.14. The van der Waals surface area contributed by atoms with E-state index in [9.17, 15) is 9.90 Å². The van der Waals surface area contributed by atoms with Crippen molar-refractivity contribution < 1.29 is 38.3 Å². The molecular weight excluding hydrogens is 466 g/mol. The van der Waals surface area contributed by atoms with Gasteiger partial charge in [-0.1, -0.05) is 30.3 Å². The van der Waals surface area contributed by atoms with Crippen LogP contribution < -0.4 is 0 Å². The molecule has 0 unspecified atom stereocenters. The summed E-state index contributed by atoms with van der Waals surface area (Å²) in [6.45, 7) is 6.93. The molecule has 0 saturated carbocycles. The Morgan fingerprint density at radius 3 is 2.08 bits per heavy atom. The molecular formula is C27H41NO8. The fourth-order valence-corrected chi connectivity index (χ4v) is 4.39. The number of ether oxygens (including phenoxy) is 6. The van der Waals surface area contributed by atoms with Crippen molar-refractivity contribution in [2.75, 3.05) is 79.2 Å². The molecule has 1 aromatic rings. The van der Waals surface area contributed by atoms with Gasteiger partial charge in [0.2, 0.25) is 6.29 Å². The number of aliphatic hydroxyl groups is 1. The molecule has 2 aliphatic heterocycles. The zero-order chi connectivity index (χ0) is 25.4. The third-order valence-corrected chi connectivity index (χ3v) is 6.22. The van der Waals surface area contributed by atoms with Crippen LogP contribution in [-0.2, 0) is 33.2 Å². The Kier molecular flexibility index (Phi) is 13.2. The van der Waals surface area contributed by atoms with E-state index in [0.29, 0.717) is 85.4 Å². The molecule has 2 aliphatic rings. The number of carbonyl (C=O) groups excluding carboxylic acids is 1. The first-order valence-corrected chi connectivity index (χ1v) is 13.0. The van der Waals surface area contributed by atoms with Crippen LogP contribution >= 0.6 is 0 Å². The van der Waals surface area contributed by atoms with Gasteiger partial charge in [-0.3, -0.25) is 4.79 Å². The normalized spacial score (nSPS) is 25.2. The van der Waals surface area contributed by atoms with Gasteiger partial charge < -0.3 is 38.4 Å². The Hall–Kier alpha value is -2.01. The van der Waals surface area contributed by atoms with Gasteiger partial charge in [-0.15, -0.1) is 0 Å². The fraction of sp³-hybridized carbons (Fsp3) is 0.667. The molecule has 1 aromatic carbocycles. The van der Waals surface area contributed by atoms with Gasteiger partial charge in [-0.25, -0.2) is 0 Å². The molecule has 1 amide bonds. The highest BCUT2D eigenvalue weighted by atomic mass is 16.7. The molecule has 36 heavy (non-hydrogen) atoms. The lowest BCUT2D eigenvalue weighted by Gasteiger charge is -2.38.